The number of rotatable bonds is 6. The third-order valence-electron chi connectivity index (χ3n) is 4.59. The zero-order valence-corrected chi connectivity index (χ0v) is 16.4. The summed E-state index contributed by atoms with van der Waals surface area (Å²) >= 11 is 6.08. The van der Waals surface area contributed by atoms with Crippen LogP contribution in [0.15, 0.2) is 48.9 Å². The lowest BCUT2D eigenvalue weighted by atomic mass is 10.2. The second kappa shape index (κ2) is 8.86. The first-order valence-electron chi connectivity index (χ1n) is 9.34. The third-order valence-corrected chi connectivity index (χ3v) is 4.83. The minimum absolute atomic E-state index is 0.338. The maximum atomic E-state index is 9.12. The molecule has 2 aromatic heterocycles. The van der Waals surface area contributed by atoms with E-state index >= 15 is 0 Å². The normalized spacial score (nSPS) is 15.7. The molecule has 7 nitrogen and oxygen atoms in total. The Morgan fingerprint density at radius 1 is 1.28 bits per heavy atom. The molecular weight excluding hydrogens is 388 g/mol. The number of aromatic nitrogens is 3. The third kappa shape index (κ3) is 4.80. The minimum atomic E-state index is 0.338. The molecular formula is C21H19ClN6O. The van der Waals surface area contributed by atoms with Crippen LogP contribution in [0, 0.1) is 11.3 Å². The van der Waals surface area contributed by atoms with Crippen molar-refractivity contribution in [2.45, 2.75) is 18.9 Å². The lowest BCUT2D eigenvalue weighted by molar-refractivity contribution is 0.462. The minimum Gasteiger partial charge on any atom is -0.436 e. The van der Waals surface area contributed by atoms with E-state index in [4.69, 9.17) is 21.6 Å². The van der Waals surface area contributed by atoms with Crippen molar-refractivity contribution in [1.29, 1.82) is 5.26 Å². The van der Waals surface area contributed by atoms with Crippen LogP contribution in [0.5, 0.6) is 11.6 Å². The van der Waals surface area contributed by atoms with E-state index < -0.39 is 0 Å². The van der Waals surface area contributed by atoms with Gasteiger partial charge in [0.25, 0.3) is 5.88 Å². The van der Waals surface area contributed by atoms with Gasteiger partial charge >= 0.3 is 0 Å². The zero-order chi connectivity index (χ0) is 20.1. The summed E-state index contributed by atoms with van der Waals surface area (Å²) in [7, 11) is 0. The molecule has 4 rings (SSSR count). The highest BCUT2D eigenvalue weighted by Crippen LogP contribution is 2.30. The van der Waals surface area contributed by atoms with Crippen molar-refractivity contribution in [1.82, 2.24) is 20.3 Å². The van der Waals surface area contributed by atoms with Crippen LogP contribution in [0.25, 0.3) is 11.3 Å². The summed E-state index contributed by atoms with van der Waals surface area (Å²) in [5.41, 5.74) is 1.71. The first kappa shape index (κ1) is 19.1. The number of halogens is 1. The summed E-state index contributed by atoms with van der Waals surface area (Å²) in [6, 6.07) is 11.3. The summed E-state index contributed by atoms with van der Waals surface area (Å²) in [4.78, 5) is 13.2. The number of hydrogen-bond acceptors (Lipinski definition) is 7. The van der Waals surface area contributed by atoms with E-state index in [1.165, 1.54) is 12.6 Å². The monoisotopic (exact) mass is 406 g/mol. The van der Waals surface area contributed by atoms with E-state index in [1.807, 2.05) is 6.07 Å². The van der Waals surface area contributed by atoms with Crippen molar-refractivity contribution in [2.24, 2.45) is 0 Å². The second-order valence-corrected chi connectivity index (χ2v) is 7.15. The lowest BCUT2D eigenvalue weighted by Gasteiger charge is -2.15. The van der Waals surface area contributed by atoms with Crippen molar-refractivity contribution in [3.05, 3.63) is 59.5 Å². The SMILES string of the molecule is N#Cc1cncc(-c2cnc(NC[C@@H]3CCCN3)c(Oc3cccc(Cl)c3)n2)c1. The van der Waals surface area contributed by atoms with Crippen LogP contribution in [-0.2, 0) is 0 Å². The Morgan fingerprint density at radius 2 is 2.21 bits per heavy atom. The van der Waals surface area contributed by atoms with E-state index in [-0.39, 0.29) is 0 Å². The van der Waals surface area contributed by atoms with Crippen molar-refractivity contribution in [3.8, 4) is 29.0 Å². The van der Waals surface area contributed by atoms with Crippen LogP contribution < -0.4 is 15.4 Å². The van der Waals surface area contributed by atoms with Gasteiger partial charge in [0.1, 0.15) is 11.8 Å². The molecule has 0 amide bonds. The molecule has 0 spiro atoms. The molecule has 2 N–H and O–H groups in total. The van der Waals surface area contributed by atoms with Gasteiger partial charge in [0.2, 0.25) is 0 Å². The number of nitrogens with zero attached hydrogens (tertiary/aromatic N) is 4. The van der Waals surface area contributed by atoms with Crippen LogP contribution in [-0.4, -0.2) is 34.1 Å². The fourth-order valence-corrected chi connectivity index (χ4v) is 3.32. The Balaban J connectivity index is 1.65. The Kier molecular flexibility index (Phi) is 5.84. The first-order valence-corrected chi connectivity index (χ1v) is 9.72. The number of nitriles is 1. The molecule has 3 aromatic rings. The average Bonchev–Trinajstić information content (AvgIpc) is 3.26. The first-order chi connectivity index (χ1) is 14.2. The Labute approximate surface area is 173 Å². The van der Waals surface area contributed by atoms with Crippen molar-refractivity contribution >= 4 is 17.4 Å². The molecule has 3 heterocycles. The molecule has 8 heteroatoms. The predicted molar refractivity (Wildman–Crippen MR) is 111 cm³/mol. The number of hydrogen-bond donors (Lipinski definition) is 2. The molecule has 0 bridgehead atoms. The van der Waals surface area contributed by atoms with E-state index in [0.29, 0.717) is 45.3 Å². The van der Waals surface area contributed by atoms with Crippen LogP contribution in [0.1, 0.15) is 18.4 Å². The number of benzene rings is 1. The maximum absolute atomic E-state index is 9.12. The van der Waals surface area contributed by atoms with Gasteiger partial charge in [-0.1, -0.05) is 17.7 Å². The van der Waals surface area contributed by atoms with Crippen LogP contribution in [0.3, 0.4) is 0 Å². The topological polar surface area (TPSA) is 95.8 Å². The van der Waals surface area contributed by atoms with Gasteiger partial charge in [-0.15, -0.1) is 0 Å². The van der Waals surface area contributed by atoms with E-state index in [2.05, 4.69) is 31.7 Å². The number of pyridine rings is 1. The molecule has 1 atom stereocenters. The van der Waals surface area contributed by atoms with Gasteiger partial charge < -0.3 is 15.4 Å². The van der Waals surface area contributed by atoms with Gasteiger partial charge in [-0.25, -0.2) is 9.97 Å². The molecule has 0 unspecified atom stereocenters. The second-order valence-electron chi connectivity index (χ2n) is 6.72. The van der Waals surface area contributed by atoms with Crippen LogP contribution in [0.2, 0.25) is 5.02 Å². The quantitative estimate of drug-likeness (QED) is 0.638. The molecule has 1 saturated heterocycles. The molecule has 0 radical (unpaired) electrons. The van der Waals surface area contributed by atoms with E-state index in [9.17, 15) is 0 Å². The van der Waals surface area contributed by atoms with Gasteiger partial charge in [-0.3, -0.25) is 4.98 Å². The molecule has 29 heavy (non-hydrogen) atoms. The van der Waals surface area contributed by atoms with E-state index in [1.54, 1.807) is 36.7 Å². The van der Waals surface area contributed by atoms with Gasteiger partial charge in [-0.05, 0) is 43.7 Å². The molecule has 1 fully saturated rings. The fraction of sp³-hybridized carbons (Fsp3) is 0.238. The zero-order valence-electron chi connectivity index (χ0n) is 15.6. The molecule has 1 aliphatic rings. The fourth-order valence-electron chi connectivity index (χ4n) is 3.14. The smallest absolute Gasteiger partial charge is 0.263 e. The lowest BCUT2D eigenvalue weighted by Crippen LogP contribution is -2.29. The Bertz CT molecular complexity index is 1050. The summed E-state index contributed by atoms with van der Waals surface area (Å²) in [6.45, 7) is 1.76. The summed E-state index contributed by atoms with van der Waals surface area (Å²) < 4.78 is 6.00. The highest BCUT2D eigenvalue weighted by molar-refractivity contribution is 6.30. The van der Waals surface area contributed by atoms with Crippen molar-refractivity contribution in [2.75, 3.05) is 18.4 Å². The maximum Gasteiger partial charge on any atom is 0.263 e. The number of nitrogens with one attached hydrogen (secondary N) is 2. The molecule has 1 aliphatic heterocycles. The highest BCUT2D eigenvalue weighted by Gasteiger charge is 2.17. The average molecular weight is 407 g/mol. The Morgan fingerprint density at radius 3 is 3.00 bits per heavy atom. The molecule has 1 aromatic carbocycles. The van der Waals surface area contributed by atoms with Gasteiger partial charge in [0.15, 0.2) is 5.82 Å². The molecule has 0 aliphatic carbocycles. The van der Waals surface area contributed by atoms with Gasteiger partial charge in [0, 0.05) is 35.6 Å². The number of anilines is 1. The molecule has 146 valence electrons. The Hall–Kier alpha value is -3.21. The molecule has 0 saturated carbocycles. The van der Waals surface area contributed by atoms with Crippen LogP contribution >= 0.6 is 11.6 Å². The summed E-state index contributed by atoms with van der Waals surface area (Å²) in [5.74, 6) is 1.45. The van der Waals surface area contributed by atoms with Gasteiger partial charge in [-0.2, -0.15) is 5.26 Å². The summed E-state index contributed by atoms with van der Waals surface area (Å²) in [6.07, 6.45) is 7.09. The largest absolute Gasteiger partial charge is 0.436 e. The van der Waals surface area contributed by atoms with Crippen LogP contribution in [0.4, 0.5) is 5.82 Å². The van der Waals surface area contributed by atoms with Crippen molar-refractivity contribution in [3.63, 3.8) is 0 Å². The standard InChI is InChI=1S/C21H19ClN6O/c22-16-3-1-5-18(8-16)29-21-20(26-12-17-4-2-6-25-17)27-13-19(28-21)15-7-14(9-23)10-24-11-15/h1,3,5,7-8,10-11,13,17,25H,2,4,6,12H2,(H,26,27)/t17-/m0/s1. The van der Waals surface area contributed by atoms with E-state index in [0.717, 1.165) is 19.5 Å². The van der Waals surface area contributed by atoms with Gasteiger partial charge in [0.05, 0.1) is 17.5 Å². The highest BCUT2D eigenvalue weighted by atomic mass is 35.5. The predicted octanol–water partition coefficient (Wildman–Crippen LogP) is 4.02. The number of ether oxygens (including phenoxy) is 1. The van der Waals surface area contributed by atoms with Crippen molar-refractivity contribution < 1.29 is 4.74 Å². The summed E-state index contributed by atoms with van der Waals surface area (Å²) in [5, 5.41) is 16.5.